The number of carboxylic acid groups (broad SMARTS) is 1. The Morgan fingerprint density at radius 2 is 1.72 bits per heavy atom. The van der Waals surface area contributed by atoms with Crippen LogP contribution in [0.15, 0.2) is 54.6 Å². The predicted molar refractivity (Wildman–Crippen MR) is 109 cm³/mol. The van der Waals surface area contributed by atoms with Gasteiger partial charge in [0.25, 0.3) is 0 Å². The minimum absolute atomic E-state index is 0.305. The fourth-order valence-electron chi connectivity index (χ4n) is 3.19. The molecule has 0 spiro atoms. The molecule has 0 aliphatic rings. The quantitative estimate of drug-likeness (QED) is 0.598. The molecule has 0 unspecified atom stereocenters. The lowest BCUT2D eigenvalue weighted by Gasteiger charge is -2.25. The Morgan fingerprint density at radius 3 is 2.38 bits per heavy atom. The largest absolute Gasteiger partial charge is 0.479 e. The van der Waals surface area contributed by atoms with Gasteiger partial charge in [0, 0.05) is 12.7 Å². The van der Waals surface area contributed by atoms with Crippen molar-refractivity contribution in [1.82, 2.24) is 0 Å². The van der Waals surface area contributed by atoms with Crippen molar-refractivity contribution in [1.29, 1.82) is 0 Å². The number of hydrogen-bond acceptors (Lipinski definition) is 3. The van der Waals surface area contributed by atoms with Crippen LogP contribution in [0.4, 0.5) is 20.2 Å². The van der Waals surface area contributed by atoms with E-state index in [-0.39, 0.29) is 11.4 Å². The van der Waals surface area contributed by atoms with Gasteiger partial charge in [0.05, 0.1) is 0 Å². The maximum atomic E-state index is 15.0. The second-order valence-electron chi connectivity index (χ2n) is 6.75. The number of aryl methyl sites for hydroxylation is 1. The Bertz CT molecular complexity index is 1050. The number of hydrogen-bond donors (Lipinski definition) is 1. The van der Waals surface area contributed by atoms with Crippen LogP contribution in [0.5, 0.6) is 5.75 Å². The van der Waals surface area contributed by atoms with E-state index >= 15 is 0 Å². The van der Waals surface area contributed by atoms with Crippen LogP contribution in [-0.2, 0) is 4.79 Å². The second kappa shape index (κ2) is 8.31. The van der Waals surface area contributed by atoms with Crippen LogP contribution in [0.2, 0.25) is 0 Å². The van der Waals surface area contributed by atoms with Gasteiger partial charge in [-0.3, -0.25) is 0 Å². The molecule has 0 saturated carbocycles. The summed E-state index contributed by atoms with van der Waals surface area (Å²) in [6.45, 7) is 3.11. The molecule has 0 heterocycles. The summed E-state index contributed by atoms with van der Waals surface area (Å²) in [5, 5.41) is 8.75. The molecule has 0 atom stereocenters. The number of carbonyl (C=O) groups is 1. The molecule has 29 heavy (non-hydrogen) atoms. The van der Waals surface area contributed by atoms with E-state index < -0.39 is 24.2 Å². The Morgan fingerprint density at radius 1 is 1.03 bits per heavy atom. The molecule has 0 aliphatic carbocycles. The van der Waals surface area contributed by atoms with Crippen LogP contribution in [0.3, 0.4) is 0 Å². The van der Waals surface area contributed by atoms with E-state index in [1.54, 1.807) is 7.05 Å². The Balaban J connectivity index is 2.09. The van der Waals surface area contributed by atoms with Gasteiger partial charge >= 0.3 is 5.97 Å². The molecule has 6 heteroatoms. The van der Waals surface area contributed by atoms with Crippen molar-refractivity contribution in [2.45, 2.75) is 13.8 Å². The summed E-state index contributed by atoms with van der Waals surface area (Å²) in [5.74, 6) is -3.28. The highest BCUT2D eigenvalue weighted by molar-refractivity contribution is 5.76. The van der Waals surface area contributed by atoms with Gasteiger partial charge in [-0.05, 0) is 54.3 Å². The zero-order chi connectivity index (χ0) is 21.1. The molecule has 3 rings (SSSR count). The Labute approximate surface area is 168 Å². The molecular weight excluding hydrogens is 376 g/mol. The first-order valence-electron chi connectivity index (χ1n) is 9.02. The average Bonchev–Trinajstić information content (AvgIpc) is 2.69. The third-order valence-corrected chi connectivity index (χ3v) is 4.83. The van der Waals surface area contributed by atoms with Crippen molar-refractivity contribution in [3.63, 3.8) is 0 Å². The van der Waals surface area contributed by atoms with Crippen LogP contribution in [-0.4, -0.2) is 24.7 Å². The van der Waals surface area contributed by atoms with Gasteiger partial charge in [-0.1, -0.05) is 36.4 Å². The van der Waals surface area contributed by atoms with Crippen molar-refractivity contribution >= 4 is 17.3 Å². The van der Waals surface area contributed by atoms with E-state index in [9.17, 15) is 13.6 Å². The smallest absolute Gasteiger partial charge is 0.341 e. The molecule has 1 N–H and O–H groups in total. The van der Waals surface area contributed by atoms with E-state index in [1.165, 1.54) is 4.90 Å². The number of carboxylic acids is 1. The molecule has 0 bridgehead atoms. The molecule has 0 fully saturated rings. The third-order valence-electron chi connectivity index (χ3n) is 4.83. The number of ether oxygens (including phenoxy) is 1. The molecule has 150 valence electrons. The topological polar surface area (TPSA) is 49.8 Å². The summed E-state index contributed by atoms with van der Waals surface area (Å²) in [7, 11) is 1.57. The predicted octanol–water partition coefficient (Wildman–Crippen LogP) is 5.48. The summed E-state index contributed by atoms with van der Waals surface area (Å²) >= 11 is 0. The molecule has 0 saturated heterocycles. The number of halogens is 2. The number of benzene rings is 3. The fourth-order valence-corrected chi connectivity index (χ4v) is 3.19. The normalized spacial score (nSPS) is 10.7. The highest BCUT2D eigenvalue weighted by Gasteiger charge is 2.22. The number of nitrogens with zero attached hydrogens (tertiary/aromatic N) is 1. The van der Waals surface area contributed by atoms with E-state index in [1.807, 2.05) is 56.3 Å². The first-order valence-corrected chi connectivity index (χ1v) is 9.02. The molecule has 3 aromatic carbocycles. The molecule has 3 aromatic rings. The number of rotatable bonds is 6. The lowest BCUT2D eigenvalue weighted by molar-refractivity contribution is -0.139. The molecular formula is C23H21F2NO3. The zero-order valence-electron chi connectivity index (χ0n) is 16.4. The van der Waals surface area contributed by atoms with Crippen molar-refractivity contribution in [3.05, 3.63) is 77.4 Å². The van der Waals surface area contributed by atoms with Gasteiger partial charge in [-0.15, -0.1) is 0 Å². The fraction of sp³-hybridized carbons (Fsp3) is 0.174. The van der Waals surface area contributed by atoms with Gasteiger partial charge in [0.1, 0.15) is 11.5 Å². The lowest BCUT2D eigenvalue weighted by atomic mass is 9.98. The SMILES string of the molecule is Cc1cc(-c2ccccc2)cc(N(C)c2c(F)ccc(OCC(=O)O)c2F)c1C. The van der Waals surface area contributed by atoms with Gasteiger partial charge in [-0.25, -0.2) is 13.6 Å². The summed E-state index contributed by atoms with van der Waals surface area (Å²) in [6, 6.07) is 15.8. The maximum absolute atomic E-state index is 15.0. The van der Waals surface area contributed by atoms with Gasteiger partial charge < -0.3 is 14.7 Å². The van der Waals surface area contributed by atoms with E-state index in [0.29, 0.717) is 5.69 Å². The molecule has 0 aromatic heterocycles. The van der Waals surface area contributed by atoms with Crippen molar-refractivity contribution < 1.29 is 23.4 Å². The van der Waals surface area contributed by atoms with E-state index in [2.05, 4.69) is 0 Å². The molecule has 0 aliphatic heterocycles. The van der Waals surface area contributed by atoms with Crippen LogP contribution >= 0.6 is 0 Å². The highest BCUT2D eigenvalue weighted by Crippen LogP contribution is 2.38. The van der Waals surface area contributed by atoms with Gasteiger partial charge in [0.15, 0.2) is 18.2 Å². The average molecular weight is 397 g/mol. The molecule has 4 nitrogen and oxygen atoms in total. The van der Waals surface area contributed by atoms with Crippen molar-refractivity contribution in [3.8, 4) is 16.9 Å². The first-order chi connectivity index (χ1) is 13.8. The molecule has 0 amide bonds. The maximum Gasteiger partial charge on any atom is 0.341 e. The summed E-state index contributed by atoms with van der Waals surface area (Å²) in [5.41, 5.74) is 4.10. The zero-order valence-corrected chi connectivity index (χ0v) is 16.4. The van der Waals surface area contributed by atoms with Crippen LogP contribution < -0.4 is 9.64 Å². The van der Waals surface area contributed by atoms with Gasteiger partial charge in [-0.2, -0.15) is 0 Å². The molecule has 0 radical (unpaired) electrons. The number of aliphatic carboxylic acids is 1. The standard InChI is InChI=1S/C23H21F2NO3/c1-14-11-17(16-7-5-4-6-8-16)12-19(15(14)2)26(3)23-18(24)9-10-20(22(23)25)29-13-21(27)28/h4-12H,13H2,1-3H3,(H,27,28). The minimum Gasteiger partial charge on any atom is -0.479 e. The van der Waals surface area contributed by atoms with Gasteiger partial charge in [0.2, 0.25) is 0 Å². The third kappa shape index (κ3) is 4.21. The Kier molecular flexibility index (Phi) is 5.82. The second-order valence-corrected chi connectivity index (χ2v) is 6.75. The minimum atomic E-state index is -1.24. The van der Waals surface area contributed by atoms with E-state index in [4.69, 9.17) is 9.84 Å². The van der Waals surface area contributed by atoms with Crippen LogP contribution in [0.25, 0.3) is 11.1 Å². The van der Waals surface area contributed by atoms with Crippen LogP contribution in [0, 0.1) is 25.5 Å². The summed E-state index contributed by atoms with van der Waals surface area (Å²) < 4.78 is 34.5. The highest BCUT2D eigenvalue weighted by atomic mass is 19.1. The van der Waals surface area contributed by atoms with Crippen molar-refractivity contribution in [2.24, 2.45) is 0 Å². The first kappa shape index (κ1) is 20.3. The number of anilines is 2. The van der Waals surface area contributed by atoms with Crippen molar-refractivity contribution in [2.75, 3.05) is 18.6 Å². The summed E-state index contributed by atoms with van der Waals surface area (Å²) in [4.78, 5) is 12.1. The monoisotopic (exact) mass is 397 g/mol. The Hall–Kier alpha value is -3.41. The lowest BCUT2D eigenvalue weighted by Crippen LogP contribution is -2.17. The van der Waals surface area contributed by atoms with Crippen LogP contribution in [0.1, 0.15) is 11.1 Å². The van der Waals surface area contributed by atoms with E-state index in [0.717, 1.165) is 34.4 Å². The summed E-state index contributed by atoms with van der Waals surface area (Å²) in [6.07, 6.45) is 0.